The van der Waals surface area contributed by atoms with Crippen molar-refractivity contribution in [3.05, 3.63) is 54.4 Å². The third-order valence-electron chi connectivity index (χ3n) is 6.91. The van der Waals surface area contributed by atoms with Crippen LogP contribution in [0, 0.1) is 5.92 Å². The molecular weight excluding hydrogens is 494 g/mol. The first-order chi connectivity index (χ1) is 17.7. The second-order valence-corrected chi connectivity index (χ2v) is 11.8. The van der Waals surface area contributed by atoms with Crippen LogP contribution in [-0.4, -0.2) is 82.5 Å². The van der Waals surface area contributed by atoms with Crippen LogP contribution in [0.25, 0.3) is 10.8 Å². The number of likely N-dealkylation sites (N-methyl/N-ethyl adjacent to an activating group) is 1. The van der Waals surface area contributed by atoms with E-state index in [2.05, 4.69) is 10.3 Å². The van der Waals surface area contributed by atoms with Gasteiger partial charge in [0, 0.05) is 39.0 Å². The van der Waals surface area contributed by atoms with Crippen LogP contribution in [0.4, 0.5) is 0 Å². The van der Waals surface area contributed by atoms with Crippen molar-refractivity contribution < 1.29 is 23.1 Å². The van der Waals surface area contributed by atoms with E-state index in [-0.39, 0.29) is 42.5 Å². The topological polar surface area (TPSA) is 118 Å². The Bertz CT molecular complexity index is 1330. The third-order valence-corrected chi connectivity index (χ3v) is 8.73. The summed E-state index contributed by atoms with van der Waals surface area (Å²) in [5, 5.41) is 19.8. The van der Waals surface area contributed by atoms with Crippen molar-refractivity contribution in [3.8, 4) is 0 Å². The number of nitrogens with zero attached hydrogens (tertiary/aromatic N) is 5. The predicted octanol–water partition coefficient (Wildman–Crippen LogP) is 2.28. The molecule has 0 unspecified atom stereocenters. The first kappa shape index (κ1) is 27.2. The SMILES string of the molecule is C[C@@H]1CN([C@@H](C)CO)C(=O)CCCn2cc(nn2)CO[C@H]1CN(C)S(=O)(=O)c1ccc2ccccc2c1. The minimum Gasteiger partial charge on any atom is -0.394 e. The first-order valence-corrected chi connectivity index (χ1v) is 14.0. The highest BCUT2D eigenvalue weighted by Gasteiger charge is 2.31. The standard InChI is InChI=1S/C26H35N5O5S/c1-19-14-31(20(2)17-32)26(33)9-6-12-30-15-23(27-28-30)18-36-25(19)16-29(3)37(34,35)24-11-10-21-7-4-5-8-22(21)13-24/h4-5,7-8,10-11,13,15,19-20,25,32H,6,9,12,14,16-18H2,1-3H3/t19-,20+,25+/m1/s1. The second-order valence-electron chi connectivity index (χ2n) is 9.78. The summed E-state index contributed by atoms with van der Waals surface area (Å²) in [7, 11) is -2.26. The molecule has 3 aromatic rings. The lowest BCUT2D eigenvalue weighted by molar-refractivity contribution is -0.136. The average Bonchev–Trinajstić information content (AvgIpc) is 3.35. The van der Waals surface area contributed by atoms with Gasteiger partial charge in [0.05, 0.1) is 36.5 Å². The van der Waals surface area contributed by atoms with Gasteiger partial charge in [-0.15, -0.1) is 5.10 Å². The van der Waals surface area contributed by atoms with E-state index in [1.54, 1.807) is 40.9 Å². The number of aliphatic hydroxyl groups is 1. The van der Waals surface area contributed by atoms with E-state index in [9.17, 15) is 18.3 Å². The molecule has 1 aliphatic rings. The highest BCUT2D eigenvalue weighted by molar-refractivity contribution is 7.89. The molecule has 2 heterocycles. The quantitative estimate of drug-likeness (QED) is 0.521. The molecule has 11 heteroatoms. The van der Waals surface area contributed by atoms with Crippen LogP contribution in [0.2, 0.25) is 0 Å². The number of hydrogen-bond acceptors (Lipinski definition) is 7. The maximum absolute atomic E-state index is 13.5. The summed E-state index contributed by atoms with van der Waals surface area (Å²) in [6.45, 7) is 4.71. The molecule has 2 bridgehead atoms. The summed E-state index contributed by atoms with van der Waals surface area (Å²) in [5.41, 5.74) is 0.642. The number of rotatable bonds is 6. The van der Waals surface area contributed by atoms with Gasteiger partial charge in [-0.25, -0.2) is 8.42 Å². The fraction of sp³-hybridized carbons (Fsp3) is 0.500. The molecule has 0 saturated carbocycles. The Hall–Kier alpha value is -2.86. The van der Waals surface area contributed by atoms with Gasteiger partial charge in [-0.05, 0) is 36.2 Å². The van der Waals surface area contributed by atoms with Crippen molar-refractivity contribution in [3.63, 3.8) is 0 Å². The number of fused-ring (bicyclic) bond motifs is 3. The number of hydrogen-bond donors (Lipinski definition) is 1. The van der Waals surface area contributed by atoms with Crippen LogP contribution in [0.5, 0.6) is 0 Å². The zero-order valence-electron chi connectivity index (χ0n) is 21.5. The van der Waals surface area contributed by atoms with Crippen LogP contribution in [0.1, 0.15) is 32.4 Å². The van der Waals surface area contributed by atoms with E-state index in [0.717, 1.165) is 10.8 Å². The van der Waals surface area contributed by atoms with E-state index < -0.39 is 16.1 Å². The molecule has 0 fully saturated rings. The van der Waals surface area contributed by atoms with Crippen LogP contribution < -0.4 is 0 Å². The normalized spacial score (nSPS) is 20.9. The summed E-state index contributed by atoms with van der Waals surface area (Å²) < 4.78 is 36.2. The van der Waals surface area contributed by atoms with Crippen molar-refractivity contribution in [2.75, 3.05) is 26.7 Å². The van der Waals surface area contributed by atoms with Crippen LogP contribution >= 0.6 is 0 Å². The molecule has 0 spiro atoms. The number of benzene rings is 2. The first-order valence-electron chi connectivity index (χ1n) is 12.5. The van der Waals surface area contributed by atoms with Crippen LogP contribution in [0.15, 0.2) is 53.6 Å². The fourth-order valence-electron chi connectivity index (χ4n) is 4.55. The molecule has 4 rings (SSSR count). The maximum Gasteiger partial charge on any atom is 0.242 e. The van der Waals surface area contributed by atoms with Crippen LogP contribution in [0.3, 0.4) is 0 Å². The van der Waals surface area contributed by atoms with Crippen molar-refractivity contribution in [1.82, 2.24) is 24.2 Å². The van der Waals surface area contributed by atoms with E-state index in [1.807, 2.05) is 31.2 Å². The lowest BCUT2D eigenvalue weighted by atomic mass is 10.0. The van der Waals surface area contributed by atoms with Crippen molar-refractivity contribution in [2.45, 2.75) is 56.9 Å². The highest BCUT2D eigenvalue weighted by Crippen LogP contribution is 2.23. The van der Waals surface area contributed by atoms with E-state index in [4.69, 9.17) is 4.74 Å². The van der Waals surface area contributed by atoms with Crippen LogP contribution in [-0.2, 0) is 32.7 Å². The molecule has 2 aromatic carbocycles. The zero-order valence-corrected chi connectivity index (χ0v) is 22.3. The fourth-order valence-corrected chi connectivity index (χ4v) is 5.77. The van der Waals surface area contributed by atoms with Crippen molar-refractivity contribution in [2.24, 2.45) is 5.92 Å². The van der Waals surface area contributed by atoms with Gasteiger partial charge in [0.2, 0.25) is 15.9 Å². The number of aliphatic hydroxyl groups excluding tert-OH is 1. The van der Waals surface area contributed by atoms with E-state index in [1.165, 1.54) is 11.4 Å². The molecule has 1 aromatic heterocycles. The molecule has 0 aliphatic carbocycles. The Morgan fingerprint density at radius 1 is 1.22 bits per heavy atom. The summed E-state index contributed by atoms with van der Waals surface area (Å²) in [4.78, 5) is 14.9. The van der Waals surface area contributed by atoms with Gasteiger partial charge in [-0.2, -0.15) is 4.31 Å². The van der Waals surface area contributed by atoms with Gasteiger partial charge in [-0.3, -0.25) is 9.48 Å². The summed E-state index contributed by atoms with van der Waals surface area (Å²) in [6, 6.07) is 12.3. The molecule has 10 nitrogen and oxygen atoms in total. The van der Waals surface area contributed by atoms with Gasteiger partial charge in [-0.1, -0.05) is 42.5 Å². The van der Waals surface area contributed by atoms with Gasteiger partial charge in [0.1, 0.15) is 5.69 Å². The summed E-state index contributed by atoms with van der Waals surface area (Å²) in [5.74, 6) is -0.285. The summed E-state index contributed by atoms with van der Waals surface area (Å²) >= 11 is 0. The lowest BCUT2D eigenvalue weighted by Crippen LogP contribution is -2.47. The number of carbonyl (C=O) groups excluding carboxylic acids is 1. The summed E-state index contributed by atoms with van der Waals surface area (Å²) in [6.07, 6.45) is 2.16. The Balaban J connectivity index is 1.59. The van der Waals surface area contributed by atoms with Gasteiger partial charge < -0.3 is 14.7 Å². The largest absolute Gasteiger partial charge is 0.394 e. The number of ether oxygens (including phenoxy) is 1. The number of carbonyl (C=O) groups is 1. The average molecular weight is 530 g/mol. The lowest BCUT2D eigenvalue weighted by Gasteiger charge is -2.35. The Morgan fingerprint density at radius 2 is 1.97 bits per heavy atom. The predicted molar refractivity (Wildman–Crippen MR) is 139 cm³/mol. The monoisotopic (exact) mass is 529 g/mol. The number of sulfonamides is 1. The minimum atomic E-state index is -3.80. The maximum atomic E-state index is 13.5. The Morgan fingerprint density at radius 3 is 2.73 bits per heavy atom. The Labute approximate surface area is 217 Å². The molecule has 1 N–H and O–H groups in total. The molecule has 1 amide bonds. The van der Waals surface area contributed by atoms with Crippen molar-refractivity contribution >= 4 is 26.7 Å². The zero-order chi connectivity index (χ0) is 26.6. The van der Waals surface area contributed by atoms with Gasteiger partial charge in [0.15, 0.2) is 0 Å². The molecule has 3 atom stereocenters. The number of aromatic nitrogens is 3. The van der Waals surface area contributed by atoms with E-state index in [0.29, 0.717) is 31.6 Å². The smallest absolute Gasteiger partial charge is 0.242 e. The van der Waals surface area contributed by atoms with Crippen molar-refractivity contribution in [1.29, 1.82) is 0 Å². The Kier molecular flexibility index (Phi) is 8.58. The molecular formula is C26H35N5O5S. The van der Waals surface area contributed by atoms with Gasteiger partial charge in [0.25, 0.3) is 0 Å². The molecule has 200 valence electrons. The molecule has 0 saturated heterocycles. The molecule has 0 radical (unpaired) electrons. The highest BCUT2D eigenvalue weighted by atomic mass is 32.2. The minimum absolute atomic E-state index is 0.0659. The van der Waals surface area contributed by atoms with E-state index >= 15 is 0 Å². The number of amides is 1. The molecule has 37 heavy (non-hydrogen) atoms. The number of aryl methyl sites for hydroxylation is 1. The van der Waals surface area contributed by atoms with Gasteiger partial charge >= 0.3 is 0 Å². The molecule has 1 aliphatic heterocycles. The second kappa shape index (κ2) is 11.7. The third kappa shape index (κ3) is 6.35.